The second-order valence-electron chi connectivity index (χ2n) is 5.56. The van der Waals surface area contributed by atoms with Crippen molar-refractivity contribution < 1.29 is 4.79 Å². The molecule has 3 aromatic rings. The number of carbonyl (C=O) groups excluding carboxylic acids is 1. The van der Waals surface area contributed by atoms with Crippen LogP contribution in [0.2, 0.25) is 0 Å². The summed E-state index contributed by atoms with van der Waals surface area (Å²) in [7, 11) is 0. The summed E-state index contributed by atoms with van der Waals surface area (Å²) in [6, 6.07) is 9.59. The second-order valence-corrected chi connectivity index (χ2v) is 6.32. The van der Waals surface area contributed by atoms with Gasteiger partial charge in [0.25, 0.3) is 5.91 Å². The number of amides is 1. The van der Waals surface area contributed by atoms with Crippen LogP contribution in [0, 0.1) is 6.92 Å². The van der Waals surface area contributed by atoms with E-state index < -0.39 is 0 Å². The second kappa shape index (κ2) is 6.01. The molecule has 0 radical (unpaired) electrons. The van der Waals surface area contributed by atoms with Gasteiger partial charge in [0.05, 0.1) is 5.56 Å². The largest absolute Gasteiger partial charge is 0.330 e. The third kappa shape index (κ3) is 2.74. The monoisotopic (exact) mass is 337 g/mol. The number of hydrogen-bond donors (Lipinski definition) is 1. The minimum Gasteiger partial charge on any atom is -0.330 e. The summed E-state index contributed by atoms with van der Waals surface area (Å²) in [4.78, 5) is 22.8. The van der Waals surface area contributed by atoms with Crippen LogP contribution < -0.4 is 10.2 Å². The minimum atomic E-state index is -0.0118. The average Bonchev–Trinajstić information content (AvgIpc) is 3.21. The van der Waals surface area contributed by atoms with Gasteiger partial charge in [0.2, 0.25) is 5.13 Å². The standard InChI is InChI=1S/C17H15N5OS/c1-11-19-17(24-21-11)20-14-4-5-15-12(9-14)6-8-22(15)16(23)13-3-2-7-18-10-13/h2-5,7,9-10H,6,8H2,1H3,(H,19,20,21). The van der Waals surface area contributed by atoms with Crippen molar-refractivity contribution in [2.45, 2.75) is 13.3 Å². The quantitative estimate of drug-likeness (QED) is 0.795. The van der Waals surface area contributed by atoms with Crippen molar-refractivity contribution in [3.63, 3.8) is 0 Å². The van der Waals surface area contributed by atoms with E-state index in [1.807, 2.05) is 24.0 Å². The molecule has 1 aromatic carbocycles. The molecule has 0 saturated carbocycles. The predicted octanol–water partition coefficient (Wildman–Crippen LogP) is 3.19. The van der Waals surface area contributed by atoms with Crippen LogP contribution in [-0.2, 0) is 6.42 Å². The highest BCUT2D eigenvalue weighted by atomic mass is 32.1. The van der Waals surface area contributed by atoms with E-state index in [-0.39, 0.29) is 5.91 Å². The van der Waals surface area contributed by atoms with E-state index in [4.69, 9.17) is 0 Å². The molecule has 24 heavy (non-hydrogen) atoms. The molecular formula is C17H15N5OS. The Balaban J connectivity index is 1.57. The van der Waals surface area contributed by atoms with Crippen molar-refractivity contribution in [3.8, 4) is 0 Å². The Hall–Kier alpha value is -2.80. The van der Waals surface area contributed by atoms with E-state index in [0.29, 0.717) is 12.1 Å². The molecule has 4 rings (SSSR count). The molecule has 6 nitrogen and oxygen atoms in total. The minimum absolute atomic E-state index is 0.0118. The summed E-state index contributed by atoms with van der Waals surface area (Å²) in [5.74, 6) is 0.749. The van der Waals surface area contributed by atoms with Gasteiger partial charge >= 0.3 is 0 Å². The molecular weight excluding hydrogens is 322 g/mol. The first-order valence-electron chi connectivity index (χ1n) is 7.63. The zero-order valence-electron chi connectivity index (χ0n) is 13.1. The van der Waals surface area contributed by atoms with Gasteiger partial charge in [-0.1, -0.05) is 0 Å². The molecule has 0 spiro atoms. The number of aromatic nitrogens is 3. The molecule has 0 aliphatic carbocycles. The lowest BCUT2D eigenvalue weighted by Crippen LogP contribution is -2.28. The number of carbonyl (C=O) groups is 1. The Kier molecular flexibility index (Phi) is 3.70. The van der Waals surface area contributed by atoms with Gasteiger partial charge in [-0.25, -0.2) is 4.98 Å². The van der Waals surface area contributed by atoms with E-state index in [9.17, 15) is 4.79 Å². The number of benzene rings is 1. The molecule has 7 heteroatoms. The van der Waals surface area contributed by atoms with Crippen molar-refractivity contribution in [2.24, 2.45) is 0 Å². The van der Waals surface area contributed by atoms with Crippen molar-refractivity contribution >= 4 is 33.9 Å². The van der Waals surface area contributed by atoms with Crippen molar-refractivity contribution in [1.29, 1.82) is 0 Å². The van der Waals surface area contributed by atoms with Crippen LogP contribution in [0.3, 0.4) is 0 Å². The lowest BCUT2D eigenvalue weighted by molar-refractivity contribution is 0.0989. The third-order valence-corrected chi connectivity index (χ3v) is 4.63. The predicted molar refractivity (Wildman–Crippen MR) is 94.0 cm³/mol. The maximum Gasteiger partial charge on any atom is 0.259 e. The van der Waals surface area contributed by atoms with E-state index in [0.717, 1.165) is 34.3 Å². The summed E-state index contributed by atoms with van der Waals surface area (Å²) in [5.41, 5.74) is 3.68. The van der Waals surface area contributed by atoms with Gasteiger partial charge in [-0.15, -0.1) is 0 Å². The summed E-state index contributed by atoms with van der Waals surface area (Å²) < 4.78 is 4.16. The normalized spacial score (nSPS) is 13.0. The van der Waals surface area contributed by atoms with Gasteiger partial charge in [-0.05, 0) is 49.2 Å². The topological polar surface area (TPSA) is 71.0 Å². The molecule has 0 unspecified atom stereocenters. The summed E-state index contributed by atoms with van der Waals surface area (Å²) in [5, 5.41) is 4.03. The molecule has 0 atom stereocenters. The van der Waals surface area contributed by atoms with Crippen LogP contribution in [-0.4, -0.2) is 26.8 Å². The molecule has 0 saturated heterocycles. The van der Waals surface area contributed by atoms with Crippen LogP contribution in [0.25, 0.3) is 0 Å². The highest BCUT2D eigenvalue weighted by molar-refractivity contribution is 7.09. The number of rotatable bonds is 3. The molecule has 1 aliphatic rings. The lowest BCUT2D eigenvalue weighted by Gasteiger charge is -2.17. The Morgan fingerprint density at radius 1 is 1.33 bits per heavy atom. The van der Waals surface area contributed by atoms with Gasteiger partial charge in [0, 0.05) is 41.8 Å². The van der Waals surface area contributed by atoms with Gasteiger partial charge < -0.3 is 10.2 Å². The zero-order chi connectivity index (χ0) is 16.5. The third-order valence-electron chi connectivity index (χ3n) is 3.91. The first kappa shape index (κ1) is 14.8. The number of aryl methyl sites for hydroxylation is 1. The van der Waals surface area contributed by atoms with Crippen LogP contribution in [0.5, 0.6) is 0 Å². The molecule has 120 valence electrons. The van der Waals surface area contributed by atoms with Crippen molar-refractivity contribution in [1.82, 2.24) is 14.3 Å². The Morgan fingerprint density at radius 2 is 2.25 bits per heavy atom. The Morgan fingerprint density at radius 3 is 3.00 bits per heavy atom. The number of nitrogens with zero attached hydrogens (tertiary/aromatic N) is 4. The lowest BCUT2D eigenvalue weighted by atomic mass is 10.1. The Bertz CT molecular complexity index is 893. The number of hydrogen-bond acceptors (Lipinski definition) is 6. The van der Waals surface area contributed by atoms with Crippen LogP contribution >= 0.6 is 11.5 Å². The molecule has 2 aromatic heterocycles. The molecule has 1 aliphatic heterocycles. The SMILES string of the molecule is Cc1nsc(Nc2ccc3c(c2)CCN3C(=O)c2cccnc2)n1. The van der Waals surface area contributed by atoms with E-state index in [1.54, 1.807) is 24.5 Å². The van der Waals surface area contributed by atoms with Gasteiger partial charge in [0.15, 0.2) is 0 Å². The zero-order valence-corrected chi connectivity index (χ0v) is 13.9. The van der Waals surface area contributed by atoms with Crippen LogP contribution in [0.1, 0.15) is 21.7 Å². The first-order chi connectivity index (χ1) is 11.7. The number of anilines is 3. The molecule has 3 heterocycles. The fourth-order valence-corrected chi connectivity index (χ4v) is 3.40. The molecule has 0 fully saturated rings. The van der Waals surface area contributed by atoms with Crippen LogP contribution in [0.4, 0.5) is 16.5 Å². The van der Waals surface area contributed by atoms with Crippen LogP contribution in [0.15, 0.2) is 42.7 Å². The maximum absolute atomic E-state index is 12.6. The van der Waals surface area contributed by atoms with Gasteiger partial charge in [0.1, 0.15) is 5.82 Å². The summed E-state index contributed by atoms with van der Waals surface area (Å²) >= 11 is 1.34. The maximum atomic E-state index is 12.6. The fourth-order valence-electron chi connectivity index (χ4n) is 2.81. The molecule has 1 amide bonds. The highest BCUT2D eigenvalue weighted by Gasteiger charge is 2.25. The average molecular weight is 337 g/mol. The number of fused-ring (bicyclic) bond motifs is 1. The highest BCUT2D eigenvalue weighted by Crippen LogP contribution is 2.32. The Labute approximate surface area is 143 Å². The van der Waals surface area contributed by atoms with Gasteiger partial charge in [-0.2, -0.15) is 4.37 Å². The van der Waals surface area contributed by atoms with Crippen molar-refractivity contribution in [2.75, 3.05) is 16.8 Å². The van der Waals surface area contributed by atoms with Gasteiger partial charge in [-0.3, -0.25) is 9.78 Å². The molecule has 1 N–H and O–H groups in total. The summed E-state index contributed by atoms with van der Waals surface area (Å²) in [6.45, 7) is 2.55. The summed E-state index contributed by atoms with van der Waals surface area (Å²) in [6.07, 6.45) is 4.11. The van der Waals surface area contributed by atoms with E-state index in [2.05, 4.69) is 25.7 Å². The smallest absolute Gasteiger partial charge is 0.259 e. The van der Waals surface area contributed by atoms with E-state index >= 15 is 0 Å². The number of nitrogens with one attached hydrogen (secondary N) is 1. The molecule has 0 bridgehead atoms. The van der Waals surface area contributed by atoms with Crippen molar-refractivity contribution in [3.05, 3.63) is 59.7 Å². The first-order valence-corrected chi connectivity index (χ1v) is 8.40. The van der Waals surface area contributed by atoms with E-state index in [1.165, 1.54) is 11.5 Å². The fraction of sp³-hybridized carbons (Fsp3) is 0.176. The number of pyridine rings is 1.